The van der Waals surface area contributed by atoms with Crippen LogP contribution in [0.5, 0.6) is 0 Å². The second-order valence-corrected chi connectivity index (χ2v) is 13.2. The number of amides is 1. The fraction of sp³-hybridized carbons (Fsp3) is 0.783. The molecule has 162 valence electrons. The third-order valence-corrected chi connectivity index (χ3v) is 11.2. The average Bonchev–Trinajstić information content (AvgIpc) is 2.62. The topological polar surface area (TPSA) is 83.5 Å². The summed E-state index contributed by atoms with van der Waals surface area (Å²) in [7, 11) is -1.92. The average molecular weight is 422 g/mol. The Labute approximate surface area is 174 Å². The zero-order valence-corrected chi connectivity index (χ0v) is 19.1. The summed E-state index contributed by atoms with van der Waals surface area (Å²) < 4.78 is 27.0. The van der Waals surface area contributed by atoms with Crippen LogP contribution in [0, 0.1) is 34.0 Å². The van der Waals surface area contributed by atoms with E-state index >= 15 is 0 Å². The van der Waals surface area contributed by atoms with Crippen LogP contribution >= 0.6 is 0 Å². The monoisotopic (exact) mass is 421 g/mol. The number of aliphatic hydroxyl groups excluding tert-OH is 1. The van der Waals surface area contributed by atoms with Crippen molar-refractivity contribution in [2.75, 3.05) is 12.8 Å². The maximum absolute atomic E-state index is 13.5. The molecule has 3 fully saturated rings. The number of nitrogens with one attached hydrogen (secondary N) is 1. The number of carbonyl (C=O) groups is 1. The van der Waals surface area contributed by atoms with Crippen molar-refractivity contribution in [2.45, 2.75) is 65.0 Å². The second kappa shape index (κ2) is 6.35. The van der Waals surface area contributed by atoms with Gasteiger partial charge in [0.1, 0.15) is 5.76 Å². The van der Waals surface area contributed by atoms with E-state index < -0.39 is 21.0 Å². The van der Waals surface area contributed by atoms with Crippen LogP contribution in [0.15, 0.2) is 23.5 Å². The molecule has 29 heavy (non-hydrogen) atoms. The smallest absolute Gasteiger partial charge is 0.247 e. The first kappa shape index (κ1) is 21.0. The standard InChI is InChI=1S/C23H35NO4S/c1-21(2)8-6-9-22(3)17(21)7-10-23(4)18(22)13-29(27,28)16-12-14(25)11-15(19(16)23)20(26)24-5/h11-12,16-19,25H,6-10,13H2,1-5H3,(H,24,26)/t16?,17-,18+,19?,22-,23+/m0/s1. The second-order valence-electron chi connectivity index (χ2n) is 11.0. The van der Waals surface area contributed by atoms with Crippen molar-refractivity contribution in [1.29, 1.82) is 0 Å². The van der Waals surface area contributed by atoms with Crippen LogP contribution in [0.4, 0.5) is 0 Å². The van der Waals surface area contributed by atoms with Crippen LogP contribution in [-0.2, 0) is 14.6 Å². The number of hydrogen-bond acceptors (Lipinski definition) is 4. The quantitative estimate of drug-likeness (QED) is 0.675. The van der Waals surface area contributed by atoms with E-state index in [4.69, 9.17) is 0 Å². The Hall–Kier alpha value is -1.30. The minimum atomic E-state index is -3.48. The molecule has 4 rings (SSSR count). The van der Waals surface area contributed by atoms with Crippen molar-refractivity contribution in [3.63, 3.8) is 0 Å². The third kappa shape index (κ3) is 2.84. The van der Waals surface area contributed by atoms with Gasteiger partial charge in [0.05, 0.1) is 11.0 Å². The molecule has 0 spiro atoms. The minimum Gasteiger partial charge on any atom is -0.508 e. The van der Waals surface area contributed by atoms with Crippen LogP contribution in [0.25, 0.3) is 0 Å². The SMILES string of the molecule is CNC(=O)C1=CC(O)=CC2C1[C@]1(C)CC[C@H]3C(C)(C)CCC[C@]3(C)[C@H]1CS2(=O)=O. The number of hydrogen-bond donors (Lipinski definition) is 2. The molecular formula is C23H35NO4S. The highest BCUT2D eigenvalue weighted by molar-refractivity contribution is 7.92. The molecule has 2 saturated carbocycles. The molecule has 5 nitrogen and oxygen atoms in total. The first-order chi connectivity index (χ1) is 13.4. The largest absolute Gasteiger partial charge is 0.508 e. The van der Waals surface area contributed by atoms with Crippen LogP contribution in [0.3, 0.4) is 0 Å². The maximum Gasteiger partial charge on any atom is 0.247 e. The molecule has 0 aromatic carbocycles. The lowest BCUT2D eigenvalue weighted by Crippen LogP contribution is -2.64. The Bertz CT molecular complexity index is 902. The Morgan fingerprint density at radius 3 is 2.45 bits per heavy atom. The van der Waals surface area contributed by atoms with Gasteiger partial charge in [-0.15, -0.1) is 0 Å². The summed E-state index contributed by atoms with van der Waals surface area (Å²) in [6.45, 7) is 9.21. The van der Waals surface area contributed by atoms with Crippen molar-refractivity contribution in [3.05, 3.63) is 23.5 Å². The molecule has 6 atom stereocenters. The van der Waals surface area contributed by atoms with E-state index in [-0.39, 0.29) is 39.6 Å². The molecule has 0 radical (unpaired) electrons. The van der Waals surface area contributed by atoms with Gasteiger partial charge in [-0.3, -0.25) is 4.79 Å². The van der Waals surface area contributed by atoms with E-state index in [1.165, 1.54) is 18.6 Å². The molecule has 4 aliphatic rings. The molecule has 1 saturated heterocycles. The van der Waals surface area contributed by atoms with E-state index in [2.05, 4.69) is 33.0 Å². The Kier molecular flexibility index (Phi) is 4.59. The molecule has 6 heteroatoms. The summed E-state index contributed by atoms with van der Waals surface area (Å²) in [5.41, 5.74) is 0.290. The van der Waals surface area contributed by atoms with Gasteiger partial charge in [-0.25, -0.2) is 8.42 Å². The number of likely N-dealkylation sites (N-methyl/N-ethyl adjacent to an activating group) is 1. The van der Waals surface area contributed by atoms with E-state index in [0.29, 0.717) is 11.5 Å². The highest BCUT2D eigenvalue weighted by Crippen LogP contribution is 2.69. The van der Waals surface area contributed by atoms with Crippen LogP contribution in [0.2, 0.25) is 0 Å². The first-order valence-electron chi connectivity index (χ1n) is 10.9. The number of rotatable bonds is 1. The van der Waals surface area contributed by atoms with Gasteiger partial charge in [0.25, 0.3) is 0 Å². The van der Waals surface area contributed by atoms with E-state index in [1.54, 1.807) is 7.05 Å². The molecule has 1 aliphatic heterocycles. The fourth-order valence-corrected chi connectivity index (χ4v) is 10.6. The fourth-order valence-electron chi connectivity index (χ4n) is 7.91. The summed E-state index contributed by atoms with van der Waals surface area (Å²) in [5.74, 6) is -0.152. The predicted octanol–water partition coefficient (Wildman–Crippen LogP) is 3.78. The third-order valence-electron chi connectivity index (χ3n) is 9.16. The molecule has 0 bridgehead atoms. The zero-order valence-electron chi connectivity index (χ0n) is 18.3. The van der Waals surface area contributed by atoms with Gasteiger partial charge in [0.15, 0.2) is 9.84 Å². The van der Waals surface area contributed by atoms with Gasteiger partial charge in [-0.2, -0.15) is 0 Å². The molecule has 2 N–H and O–H groups in total. The lowest BCUT2D eigenvalue weighted by molar-refractivity contribution is -0.139. The maximum atomic E-state index is 13.5. The number of allylic oxidation sites excluding steroid dienone is 1. The molecular weight excluding hydrogens is 386 g/mol. The molecule has 3 aliphatic carbocycles. The van der Waals surface area contributed by atoms with Crippen molar-refractivity contribution >= 4 is 15.7 Å². The molecule has 1 amide bonds. The normalized spacial score (nSPS) is 45.0. The highest BCUT2D eigenvalue weighted by Gasteiger charge is 2.66. The summed E-state index contributed by atoms with van der Waals surface area (Å²) in [5, 5.41) is 12.1. The summed E-state index contributed by atoms with van der Waals surface area (Å²) in [6, 6.07) is 0. The van der Waals surface area contributed by atoms with Gasteiger partial charge >= 0.3 is 0 Å². The number of fused-ring (bicyclic) bond motifs is 5. The van der Waals surface area contributed by atoms with Gasteiger partial charge in [-0.1, -0.05) is 34.1 Å². The van der Waals surface area contributed by atoms with Gasteiger partial charge in [-0.05, 0) is 65.9 Å². The molecule has 0 aromatic rings. The molecule has 2 unspecified atom stereocenters. The van der Waals surface area contributed by atoms with Crippen LogP contribution in [-0.4, -0.2) is 37.5 Å². The summed E-state index contributed by atoms with van der Waals surface area (Å²) in [4.78, 5) is 12.7. The Morgan fingerprint density at radius 1 is 1.10 bits per heavy atom. The Morgan fingerprint density at radius 2 is 1.79 bits per heavy atom. The van der Waals surface area contributed by atoms with Crippen LogP contribution < -0.4 is 5.32 Å². The van der Waals surface area contributed by atoms with Crippen molar-refractivity contribution in [3.8, 4) is 0 Å². The van der Waals surface area contributed by atoms with Crippen molar-refractivity contribution in [1.82, 2.24) is 5.32 Å². The number of carbonyl (C=O) groups excluding carboxylic acids is 1. The lowest BCUT2D eigenvalue weighted by atomic mass is 9.41. The molecule has 1 heterocycles. The zero-order chi connectivity index (χ0) is 21.4. The van der Waals surface area contributed by atoms with Gasteiger partial charge in [0, 0.05) is 18.5 Å². The summed E-state index contributed by atoms with van der Waals surface area (Å²) in [6.07, 6.45) is 8.30. The predicted molar refractivity (Wildman–Crippen MR) is 114 cm³/mol. The van der Waals surface area contributed by atoms with E-state index in [1.807, 2.05) is 0 Å². The minimum absolute atomic E-state index is 0.0151. The van der Waals surface area contributed by atoms with E-state index in [0.717, 1.165) is 25.7 Å². The summed E-state index contributed by atoms with van der Waals surface area (Å²) >= 11 is 0. The number of aliphatic hydroxyl groups is 1. The lowest BCUT2D eigenvalue weighted by Gasteiger charge is -2.66. The van der Waals surface area contributed by atoms with E-state index in [9.17, 15) is 18.3 Å². The highest BCUT2D eigenvalue weighted by atomic mass is 32.2. The first-order valence-corrected chi connectivity index (χ1v) is 12.6. The Balaban J connectivity index is 1.88. The number of sulfone groups is 1. The van der Waals surface area contributed by atoms with Gasteiger partial charge in [0.2, 0.25) is 5.91 Å². The van der Waals surface area contributed by atoms with Crippen LogP contribution in [0.1, 0.15) is 59.8 Å². The molecule has 0 aromatic heterocycles. The van der Waals surface area contributed by atoms with Crippen molar-refractivity contribution in [2.24, 2.45) is 34.0 Å². The van der Waals surface area contributed by atoms with Gasteiger partial charge < -0.3 is 10.4 Å². The van der Waals surface area contributed by atoms with Crippen molar-refractivity contribution < 1.29 is 18.3 Å².